The Hall–Kier alpha value is -1.50. The highest BCUT2D eigenvalue weighted by atomic mass is 35.5. The van der Waals surface area contributed by atoms with Crippen LogP contribution in [0.4, 0.5) is 0 Å². The molecule has 1 aliphatic heterocycles. The molecule has 0 saturated carbocycles. The van der Waals surface area contributed by atoms with E-state index in [1.807, 2.05) is 0 Å². The summed E-state index contributed by atoms with van der Waals surface area (Å²) in [5, 5.41) is 9.36. The quantitative estimate of drug-likeness (QED) is 0.792. The van der Waals surface area contributed by atoms with Crippen LogP contribution in [0.1, 0.15) is 29.6 Å². The highest BCUT2D eigenvalue weighted by molar-refractivity contribution is 6.37. The maximum Gasteiger partial charge on any atom is 0.305 e. The molecule has 1 heterocycles. The molecule has 1 aliphatic rings. The molecule has 0 bridgehead atoms. The Morgan fingerprint density at radius 3 is 2.54 bits per heavy atom. The van der Waals surface area contributed by atoms with Gasteiger partial charge in [-0.2, -0.15) is 0 Å². The molecule has 1 N–H and O–H groups in total. The minimum absolute atomic E-state index is 0.0769. The summed E-state index contributed by atoms with van der Waals surface area (Å²) in [6.07, 6.45) is 1.56. The molecular weight excluding hydrogens is 357 g/mol. The van der Waals surface area contributed by atoms with E-state index in [0.717, 1.165) is 12.8 Å². The molecule has 1 aromatic carbocycles. The monoisotopic (exact) mass is 375 g/mol. The fourth-order valence-electron chi connectivity index (χ4n) is 2.60. The number of nitrogens with zero attached hydrogens (tertiary/aromatic N) is 1. The fraction of sp³-hybridized carbons (Fsp3) is 0.500. The molecule has 0 aromatic heterocycles. The first-order valence-corrected chi connectivity index (χ1v) is 8.33. The molecule has 1 fully saturated rings. The zero-order valence-corrected chi connectivity index (χ0v) is 14.8. The van der Waals surface area contributed by atoms with E-state index >= 15 is 0 Å². The number of ether oxygens (including phenoxy) is 2. The molecule has 1 atom stereocenters. The molecule has 0 aliphatic carbocycles. The maximum absolute atomic E-state index is 12.8. The summed E-state index contributed by atoms with van der Waals surface area (Å²) in [5.74, 6) is -1.00. The average molecular weight is 376 g/mol. The van der Waals surface area contributed by atoms with Crippen molar-refractivity contribution in [2.75, 3.05) is 26.8 Å². The number of carbonyl (C=O) groups excluding carboxylic acids is 1. The van der Waals surface area contributed by atoms with Gasteiger partial charge in [0.05, 0.1) is 29.7 Å². The summed E-state index contributed by atoms with van der Waals surface area (Å²) < 4.78 is 10.6. The molecule has 0 unspecified atom stereocenters. The summed E-state index contributed by atoms with van der Waals surface area (Å²) in [6, 6.07) is 2.94. The van der Waals surface area contributed by atoms with Crippen molar-refractivity contribution in [3.63, 3.8) is 0 Å². The molecule has 6 nitrogen and oxygen atoms in total. The van der Waals surface area contributed by atoms with Crippen molar-refractivity contribution < 1.29 is 24.2 Å². The van der Waals surface area contributed by atoms with Crippen LogP contribution in [-0.4, -0.2) is 54.8 Å². The number of rotatable bonds is 7. The lowest BCUT2D eigenvalue weighted by Gasteiger charge is -2.25. The second kappa shape index (κ2) is 8.55. The number of benzene rings is 1. The van der Waals surface area contributed by atoms with Gasteiger partial charge < -0.3 is 19.5 Å². The predicted octanol–water partition coefficient (Wildman–Crippen LogP) is 3.10. The van der Waals surface area contributed by atoms with E-state index in [4.69, 9.17) is 37.8 Å². The van der Waals surface area contributed by atoms with E-state index in [1.165, 1.54) is 24.1 Å². The fourth-order valence-corrected chi connectivity index (χ4v) is 3.24. The average Bonchev–Trinajstić information content (AvgIpc) is 3.03. The van der Waals surface area contributed by atoms with Crippen LogP contribution in [0.15, 0.2) is 12.1 Å². The van der Waals surface area contributed by atoms with Crippen molar-refractivity contribution >= 4 is 35.1 Å². The molecule has 2 rings (SSSR count). The molecule has 1 aromatic rings. The van der Waals surface area contributed by atoms with E-state index in [1.54, 1.807) is 0 Å². The predicted molar refractivity (Wildman–Crippen MR) is 90.1 cm³/mol. The van der Waals surface area contributed by atoms with Crippen LogP contribution >= 0.6 is 23.2 Å². The van der Waals surface area contributed by atoms with Gasteiger partial charge in [0.25, 0.3) is 5.91 Å². The van der Waals surface area contributed by atoms with Crippen molar-refractivity contribution in [1.82, 2.24) is 4.90 Å². The van der Waals surface area contributed by atoms with Crippen molar-refractivity contribution in [2.45, 2.75) is 25.4 Å². The highest BCUT2D eigenvalue weighted by Gasteiger charge is 2.25. The summed E-state index contributed by atoms with van der Waals surface area (Å²) in [6.45, 7) is 1.09. The normalized spacial score (nSPS) is 16.9. The molecule has 1 saturated heterocycles. The molecule has 132 valence electrons. The number of carboxylic acid groups (broad SMARTS) is 1. The van der Waals surface area contributed by atoms with Gasteiger partial charge in [-0.15, -0.1) is 0 Å². The van der Waals surface area contributed by atoms with Gasteiger partial charge in [0, 0.05) is 25.3 Å². The summed E-state index contributed by atoms with van der Waals surface area (Å²) in [7, 11) is 1.44. The van der Waals surface area contributed by atoms with Gasteiger partial charge in [-0.3, -0.25) is 9.59 Å². The summed E-state index contributed by atoms with van der Waals surface area (Å²) >= 11 is 12.2. The van der Waals surface area contributed by atoms with E-state index in [2.05, 4.69) is 0 Å². The van der Waals surface area contributed by atoms with E-state index in [0.29, 0.717) is 18.9 Å². The molecule has 24 heavy (non-hydrogen) atoms. The molecule has 0 spiro atoms. The minimum Gasteiger partial charge on any atom is -0.494 e. The van der Waals surface area contributed by atoms with Crippen LogP contribution in [0.2, 0.25) is 10.0 Å². The maximum atomic E-state index is 12.8. The zero-order valence-electron chi connectivity index (χ0n) is 13.3. The standard InChI is InChI=1S/C16H19Cl2NO5/c1-23-15-12(17)7-10(8-13(15)18)16(22)19(5-4-14(20)21)9-11-3-2-6-24-11/h7-8,11H,2-6,9H2,1H3,(H,20,21)/t11-/m0/s1. The number of carbonyl (C=O) groups is 2. The first kappa shape index (κ1) is 18.8. The van der Waals surface area contributed by atoms with E-state index < -0.39 is 5.97 Å². The smallest absolute Gasteiger partial charge is 0.305 e. The highest BCUT2D eigenvalue weighted by Crippen LogP contribution is 2.34. The second-order valence-corrected chi connectivity index (χ2v) is 6.32. The lowest BCUT2D eigenvalue weighted by atomic mass is 10.1. The number of methoxy groups -OCH3 is 1. The van der Waals surface area contributed by atoms with Crippen LogP contribution in [0.25, 0.3) is 0 Å². The number of hydrogen-bond acceptors (Lipinski definition) is 4. The summed E-state index contributed by atoms with van der Waals surface area (Å²) in [4.78, 5) is 25.1. The SMILES string of the molecule is COc1c(Cl)cc(C(=O)N(CCC(=O)O)C[C@@H]2CCCO2)cc1Cl. The van der Waals surface area contributed by atoms with Gasteiger partial charge in [-0.05, 0) is 25.0 Å². The first-order chi connectivity index (χ1) is 11.4. The number of carboxylic acids is 1. The third-order valence-electron chi connectivity index (χ3n) is 3.78. The van der Waals surface area contributed by atoms with Crippen molar-refractivity contribution in [2.24, 2.45) is 0 Å². The Morgan fingerprint density at radius 1 is 1.38 bits per heavy atom. The topological polar surface area (TPSA) is 76.1 Å². The third-order valence-corrected chi connectivity index (χ3v) is 4.34. The summed E-state index contributed by atoms with van der Waals surface area (Å²) in [5.41, 5.74) is 0.286. The van der Waals surface area contributed by atoms with Gasteiger partial charge in [0.2, 0.25) is 0 Å². The van der Waals surface area contributed by atoms with Crippen LogP contribution in [0.3, 0.4) is 0 Å². The Kier molecular flexibility index (Phi) is 6.71. The van der Waals surface area contributed by atoms with Crippen LogP contribution < -0.4 is 4.74 Å². The lowest BCUT2D eigenvalue weighted by molar-refractivity contribution is -0.137. The molecule has 8 heteroatoms. The van der Waals surface area contributed by atoms with Gasteiger partial charge in [0.15, 0.2) is 5.75 Å². The first-order valence-electron chi connectivity index (χ1n) is 7.58. The van der Waals surface area contributed by atoms with Crippen molar-refractivity contribution in [1.29, 1.82) is 0 Å². The number of hydrogen-bond donors (Lipinski definition) is 1. The largest absolute Gasteiger partial charge is 0.494 e. The van der Waals surface area contributed by atoms with Gasteiger partial charge >= 0.3 is 5.97 Å². The van der Waals surface area contributed by atoms with Gasteiger partial charge in [-0.25, -0.2) is 0 Å². The number of amides is 1. The minimum atomic E-state index is -0.967. The lowest BCUT2D eigenvalue weighted by Crippen LogP contribution is -2.38. The molecule has 1 amide bonds. The van der Waals surface area contributed by atoms with E-state index in [-0.39, 0.29) is 40.6 Å². The molecule has 0 radical (unpaired) electrons. The Bertz CT molecular complexity index is 593. The van der Waals surface area contributed by atoms with Crippen molar-refractivity contribution in [3.8, 4) is 5.75 Å². The Balaban J connectivity index is 2.20. The van der Waals surface area contributed by atoms with Crippen molar-refractivity contribution in [3.05, 3.63) is 27.7 Å². The van der Waals surface area contributed by atoms with E-state index in [9.17, 15) is 9.59 Å². The third kappa shape index (κ3) is 4.75. The zero-order chi connectivity index (χ0) is 17.7. The van der Waals surface area contributed by atoms with Gasteiger partial charge in [0.1, 0.15) is 0 Å². The number of halogens is 2. The van der Waals surface area contributed by atoms with Crippen LogP contribution in [0, 0.1) is 0 Å². The Morgan fingerprint density at radius 2 is 2.04 bits per heavy atom. The Labute approximate surface area is 150 Å². The second-order valence-electron chi connectivity index (χ2n) is 5.50. The van der Waals surface area contributed by atoms with Crippen LogP contribution in [-0.2, 0) is 9.53 Å². The number of aliphatic carboxylic acids is 1. The van der Waals surface area contributed by atoms with Gasteiger partial charge in [-0.1, -0.05) is 23.2 Å². The van der Waals surface area contributed by atoms with Crippen LogP contribution in [0.5, 0.6) is 5.75 Å². The molecular formula is C16H19Cl2NO5.